The van der Waals surface area contributed by atoms with Gasteiger partial charge in [0.05, 0.1) is 10.7 Å². The van der Waals surface area contributed by atoms with Gasteiger partial charge in [0.15, 0.2) is 0 Å². The number of rotatable bonds is 5. The number of aliphatic hydroxyl groups is 1. The second-order valence-electron chi connectivity index (χ2n) is 5.27. The molecule has 1 aliphatic carbocycles. The minimum atomic E-state index is -0.885. The van der Waals surface area contributed by atoms with Crippen molar-refractivity contribution in [3.8, 4) is 0 Å². The molecule has 0 spiro atoms. The third-order valence-corrected chi connectivity index (χ3v) is 4.41. The predicted octanol–water partition coefficient (Wildman–Crippen LogP) is 3.18. The first kappa shape index (κ1) is 14.7. The summed E-state index contributed by atoms with van der Waals surface area (Å²) in [6.07, 6.45) is 7.01. The summed E-state index contributed by atoms with van der Waals surface area (Å²) >= 11 is 3.36. The van der Waals surface area contributed by atoms with E-state index in [4.69, 9.17) is 0 Å². The Labute approximate surface area is 122 Å². The van der Waals surface area contributed by atoms with Crippen LogP contribution in [0.25, 0.3) is 0 Å². The van der Waals surface area contributed by atoms with Gasteiger partial charge in [-0.25, -0.2) is 0 Å². The second-order valence-corrected chi connectivity index (χ2v) is 6.13. The normalized spacial score (nSPS) is 18.5. The number of carbonyl (C=O) groups is 1. The van der Waals surface area contributed by atoms with Crippen molar-refractivity contribution in [2.45, 2.75) is 58.1 Å². The lowest BCUT2D eigenvalue weighted by atomic mass is 9.83. The number of hydrogen-bond donors (Lipinski definition) is 1. The van der Waals surface area contributed by atoms with Crippen LogP contribution < -0.4 is 0 Å². The predicted molar refractivity (Wildman–Crippen MR) is 77.1 cm³/mol. The lowest BCUT2D eigenvalue weighted by molar-refractivity contribution is 0.0523. The summed E-state index contributed by atoms with van der Waals surface area (Å²) in [4.78, 5) is 12.5. The maximum absolute atomic E-state index is 12.5. The first-order chi connectivity index (χ1) is 9.15. The summed E-state index contributed by atoms with van der Waals surface area (Å²) in [5.74, 6) is -0.0807. The van der Waals surface area contributed by atoms with E-state index in [1.54, 1.807) is 10.9 Å². The molecule has 0 saturated heterocycles. The molecule has 1 aromatic heterocycles. The van der Waals surface area contributed by atoms with Crippen molar-refractivity contribution in [2.75, 3.05) is 0 Å². The van der Waals surface area contributed by atoms with Gasteiger partial charge in [-0.1, -0.05) is 26.2 Å². The van der Waals surface area contributed by atoms with Crippen molar-refractivity contribution in [3.05, 3.63) is 16.4 Å². The molecule has 4 nitrogen and oxygen atoms in total. The lowest BCUT2D eigenvalue weighted by Gasteiger charge is -2.25. The Morgan fingerprint density at radius 1 is 1.53 bits per heavy atom. The fraction of sp³-hybridized carbons (Fsp3) is 0.714. The van der Waals surface area contributed by atoms with Crippen LogP contribution in [0.15, 0.2) is 10.7 Å². The van der Waals surface area contributed by atoms with Gasteiger partial charge in [-0.05, 0) is 41.1 Å². The molecule has 0 amide bonds. The highest BCUT2D eigenvalue weighted by molar-refractivity contribution is 9.10. The molecule has 106 valence electrons. The molecule has 1 atom stereocenters. The van der Waals surface area contributed by atoms with Crippen LogP contribution in [-0.2, 0) is 6.54 Å². The van der Waals surface area contributed by atoms with Crippen LogP contribution in [0.2, 0.25) is 0 Å². The zero-order valence-corrected chi connectivity index (χ0v) is 12.9. The second kappa shape index (κ2) is 6.66. The summed E-state index contributed by atoms with van der Waals surface area (Å²) < 4.78 is 2.37. The van der Waals surface area contributed by atoms with Gasteiger partial charge in [0.1, 0.15) is 11.8 Å². The van der Waals surface area contributed by atoms with E-state index in [2.05, 4.69) is 21.0 Å². The Balaban J connectivity index is 2.15. The Kier molecular flexibility index (Phi) is 5.16. The third-order valence-electron chi connectivity index (χ3n) is 3.83. The van der Waals surface area contributed by atoms with Crippen LogP contribution in [0.1, 0.15) is 55.9 Å². The zero-order valence-electron chi connectivity index (χ0n) is 11.3. The lowest BCUT2D eigenvalue weighted by Crippen LogP contribution is -2.32. The standard InChI is InChI=1S/C14H21BrN2O2/c1-2-8-17-12(11(15)9-16-17)14(19)13(18)10-6-4-3-5-7-10/h9-10,13,18H,2-8H2,1H3. The number of aromatic nitrogens is 2. The van der Waals surface area contributed by atoms with Crippen LogP contribution in [0.4, 0.5) is 0 Å². The molecule has 1 aromatic rings. The Hall–Kier alpha value is -0.680. The largest absolute Gasteiger partial charge is 0.385 e. The first-order valence-electron chi connectivity index (χ1n) is 7.08. The molecule has 1 aliphatic rings. The molecule has 5 heteroatoms. The van der Waals surface area contributed by atoms with E-state index in [0.29, 0.717) is 16.7 Å². The molecule has 0 aromatic carbocycles. The van der Waals surface area contributed by atoms with Gasteiger partial charge in [0.2, 0.25) is 5.78 Å². The minimum absolute atomic E-state index is 0.109. The number of aliphatic hydroxyl groups excluding tert-OH is 1. The third kappa shape index (κ3) is 3.26. The first-order valence-corrected chi connectivity index (χ1v) is 7.88. The number of aryl methyl sites for hydroxylation is 1. The highest BCUT2D eigenvalue weighted by Crippen LogP contribution is 2.29. The fourth-order valence-electron chi connectivity index (χ4n) is 2.79. The molecule has 0 radical (unpaired) electrons. The van der Waals surface area contributed by atoms with Crippen LogP contribution >= 0.6 is 15.9 Å². The Morgan fingerprint density at radius 3 is 2.84 bits per heavy atom. The van der Waals surface area contributed by atoms with Crippen LogP contribution in [0.3, 0.4) is 0 Å². The zero-order chi connectivity index (χ0) is 13.8. The van der Waals surface area contributed by atoms with Gasteiger partial charge in [0, 0.05) is 6.54 Å². The van der Waals surface area contributed by atoms with Crippen LogP contribution in [0.5, 0.6) is 0 Å². The molecule has 0 aliphatic heterocycles. The number of hydrogen-bond acceptors (Lipinski definition) is 3. The van der Waals surface area contributed by atoms with Gasteiger partial charge >= 0.3 is 0 Å². The van der Waals surface area contributed by atoms with E-state index in [-0.39, 0.29) is 11.7 Å². The molecule has 1 saturated carbocycles. The summed E-state index contributed by atoms with van der Waals surface area (Å²) in [5.41, 5.74) is 0.514. The molecule has 19 heavy (non-hydrogen) atoms. The van der Waals surface area contributed by atoms with E-state index in [9.17, 15) is 9.90 Å². The summed E-state index contributed by atoms with van der Waals surface area (Å²) in [6, 6.07) is 0. The van der Waals surface area contributed by atoms with Crippen molar-refractivity contribution < 1.29 is 9.90 Å². The SMILES string of the molecule is CCCn1ncc(Br)c1C(=O)C(O)C1CCCCC1. The number of carbonyl (C=O) groups excluding carboxylic acids is 1. The quantitative estimate of drug-likeness (QED) is 0.844. The highest BCUT2D eigenvalue weighted by Gasteiger charge is 2.31. The molecule has 1 heterocycles. The monoisotopic (exact) mass is 328 g/mol. The van der Waals surface area contributed by atoms with Gasteiger partial charge in [-0.3, -0.25) is 9.48 Å². The number of Topliss-reactive ketones (excluding diaryl/α,β-unsaturated/α-hetero) is 1. The molecular weight excluding hydrogens is 308 g/mol. The average Bonchev–Trinajstić information content (AvgIpc) is 2.80. The van der Waals surface area contributed by atoms with Crippen LogP contribution in [0, 0.1) is 5.92 Å². The van der Waals surface area contributed by atoms with Gasteiger partial charge in [-0.2, -0.15) is 5.10 Å². The Morgan fingerprint density at radius 2 is 2.21 bits per heavy atom. The van der Waals surface area contributed by atoms with E-state index >= 15 is 0 Å². The molecule has 1 N–H and O–H groups in total. The maximum atomic E-state index is 12.5. The number of halogens is 1. The number of nitrogens with zero attached hydrogens (tertiary/aromatic N) is 2. The molecule has 1 fully saturated rings. The number of ketones is 1. The smallest absolute Gasteiger partial charge is 0.210 e. The van der Waals surface area contributed by atoms with E-state index in [1.807, 2.05) is 6.92 Å². The Bertz CT molecular complexity index is 439. The van der Waals surface area contributed by atoms with Crippen molar-refractivity contribution in [2.24, 2.45) is 5.92 Å². The van der Waals surface area contributed by atoms with Crippen LogP contribution in [-0.4, -0.2) is 26.8 Å². The molecule has 0 bridgehead atoms. The van der Waals surface area contributed by atoms with Gasteiger partial charge in [0.25, 0.3) is 0 Å². The molecule has 1 unspecified atom stereocenters. The summed E-state index contributed by atoms with van der Waals surface area (Å²) in [7, 11) is 0. The maximum Gasteiger partial charge on any atom is 0.210 e. The van der Waals surface area contributed by atoms with E-state index < -0.39 is 6.10 Å². The molecular formula is C14H21BrN2O2. The van der Waals surface area contributed by atoms with Crippen molar-refractivity contribution in [3.63, 3.8) is 0 Å². The van der Waals surface area contributed by atoms with Crippen molar-refractivity contribution in [1.82, 2.24) is 9.78 Å². The average molecular weight is 329 g/mol. The fourth-order valence-corrected chi connectivity index (χ4v) is 3.28. The van der Waals surface area contributed by atoms with E-state index in [0.717, 1.165) is 32.1 Å². The minimum Gasteiger partial charge on any atom is -0.385 e. The van der Waals surface area contributed by atoms with Crippen molar-refractivity contribution in [1.29, 1.82) is 0 Å². The van der Waals surface area contributed by atoms with Crippen molar-refractivity contribution >= 4 is 21.7 Å². The summed E-state index contributed by atoms with van der Waals surface area (Å²) in [5, 5.41) is 14.5. The van der Waals surface area contributed by atoms with Gasteiger partial charge < -0.3 is 5.11 Å². The van der Waals surface area contributed by atoms with Gasteiger partial charge in [-0.15, -0.1) is 0 Å². The van der Waals surface area contributed by atoms with E-state index in [1.165, 1.54) is 6.42 Å². The summed E-state index contributed by atoms with van der Waals surface area (Å²) in [6.45, 7) is 2.74. The topological polar surface area (TPSA) is 55.1 Å². The molecule has 2 rings (SSSR count). The highest BCUT2D eigenvalue weighted by atomic mass is 79.9.